The van der Waals surface area contributed by atoms with Gasteiger partial charge in [-0.1, -0.05) is 37.3 Å². The average molecular weight is 434 g/mol. The van der Waals surface area contributed by atoms with Crippen LogP contribution in [0.5, 0.6) is 0 Å². The van der Waals surface area contributed by atoms with E-state index in [2.05, 4.69) is 17.0 Å². The van der Waals surface area contributed by atoms with Gasteiger partial charge in [0, 0.05) is 32.7 Å². The van der Waals surface area contributed by atoms with Gasteiger partial charge < -0.3 is 4.90 Å². The number of rotatable bonds is 7. The zero-order valence-electron chi connectivity index (χ0n) is 17.4. The monoisotopic (exact) mass is 433 g/mol. The first-order chi connectivity index (χ1) is 14.3. The molecule has 0 bridgehead atoms. The molecule has 1 fully saturated rings. The molecule has 0 N–H and O–H groups in total. The van der Waals surface area contributed by atoms with E-state index < -0.39 is 21.9 Å². The summed E-state index contributed by atoms with van der Waals surface area (Å²) in [6, 6.07) is 14.5. The Bertz CT molecular complexity index is 943. The standard InChI is InChI=1S/C22H28FN3O3S/c1-3-21(26(30(2,28)29)20-11-9-19(23)10-12-20)22(27)25-15-13-24(14-16-25)17-18-7-5-4-6-8-18/h4-12,21H,3,13-17H2,1-2H3/t21-/m0/s1. The first-order valence-electron chi connectivity index (χ1n) is 10.1. The summed E-state index contributed by atoms with van der Waals surface area (Å²) >= 11 is 0. The van der Waals surface area contributed by atoms with Gasteiger partial charge in [0.05, 0.1) is 11.9 Å². The summed E-state index contributed by atoms with van der Waals surface area (Å²) in [7, 11) is -3.72. The van der Waals surface area contributed by atoms with E-state index in [-0.39, 0.29) is 5.91 Å². The van der Waals surface area contributed by atoms with E-state index in [1.807, 2.05) is 18.2 Å². The van der Waals surface area contributed by atoms with Crippen LogP contribution in [0.3, 0.4) is 0 Å². The number of sulfonamides is 1. The zero-order valence-corrected chi connectivity index (χ0v) is 18.2. The minimum Gasteiger partial charge on any atom is -0.338 e. The molecule has 0 unspecified atom stereocenters. The lowest BCUT2D eigenvalue weighted by atomic mass is 10.1. The van der Waals surface area contributed by atoms with Crippen LogP contribution in [0.4, 0.5) is 10.1 Å². The Labute approximate surface area is 177 Å². The van der Waals surface area contributed by atoms with Gasteiger partial charge in [-0.25, -0.2) is 12.8 Å². The molecule has 0 aromatic heterocycles. The topological polar surface area (TPSA) is 60.9 Å². The number of hydrogen-bond acceptors (Lipinski definition) is 4. The van der Waals surface area contributed by atoms with Gasteiger partial charge in [-0.05, 0) is 36.2 Å². The van der Waals surface area contributed by atoms with Crippen molar-refractivity contribution in [3.8, 4) is 0 Å². The van der Waals surface area contributed by atoms with Crippen molar-refractivity contribution in [3.63, 3.8) is 0 Å². The van der Waals surface area contributed by atoms with E-state index in [1.165, 1.54) is 29.8 Å². The van der Waals surface area contributed by atoms with Gasteiger partial charge in [0.1, 0.15) is 11.9 Å². The molecule has 2 aromatic rings. The van der Waals surface area contributed by atoms with Gasteiger partial charge >= 0.3 is 0 Å². The van der Waals surface area contributed by atoms with Gasteiger partial charge in [-0.3, -0.25) is 14.0 Å². The minimum absolute atomic E-state index is 0.216. The Morgan fingerprint density at radius 2 is 1.63 bits per heavy atom. The van der Waals surface area contributed by atoms with Gasteiger partial charge in [-0.2, -0.15) is 0 Å². The SMILES string of the molecule is CC[C@@H](C(=O)N1CCN(Cc2ccccc2)CC1)N(c1ccc(F)cc1)S(C)(=O)=O. The molecule has 30 heavy (non-hydrogen) atoms. The summed E-state index contributed by atoms with van der Waals surface area (Å²) in [4.78, 5) is 17.3. The third kappa shape index (κ3) is 5.37. The van der Waals surface area contributed by atoms with Crippen molar-refractivity contribution in [2.24, 2.45) is 0 Å². The molecule has 0 saturated carbocycles. The Kier molecular flexibility index (Phi) is 7.10. The van der Waals surface area contributed by atoms with Crippen LogP contribution in [0.2, 0.25) is 0 Å². The van der Waals surface area contributed by atoms with Crippen molar-refractivity contribution in [2.75, 3.05) is 36.7 Å². The zero-order chi connectivity index (χ0) is 21.7. The lowest BCUT2D eigenvalue weighted by Gasteiger charge is -2.39. The summed E-state index contributed by atoms with van der Waals surface area (Å²) in [6.07, 6.45) is 1.40. The predicted octanol–water partition coefficient (Wildman–Crippen LogP) is 2.71. The summed E-state index contributed by atoms with van der Waals surface area (Å²) in [6.45, 7) is 5.16. The number of anilines is 1. The van der Waals surface area contributed by atoms with Crippen molar-refractivity contribution in [2.45, 2.75) is 25.9 Å². The Morgan fingerprint density at radius 1 is 1.03 bits per heavy atom. The first-order valence-corrected chi connectivity index (χ1v) is 11.9. The largest absolute Gasteiger partial charge is 0.338 e. The van der Waals surface area contributed by atoms with Gasteiger partial charge in [0.15, 0.2) is 0 Å². The van der Waals surface area contributed by atoms with E-state index in [0.717, 1.165) is 30.2 Å². The Balaban J connectivity index is 1.71. The van der Waals surface area contributed by atoms with Crippen LogP contribution in [0, 0.1) is 5.82 Å². The number of piperazine rings is 1. The average Bonchev–Trinajstić information content (AvgIpc) is 2.73. The van der Waals surface area contributed by atoms with Gasteiger partial charge in [0.2, 0.25) is 15.9 Å². The number of benzene rings is 2. The van der Waals surface area contributed by atoms with Crippen LogP contribution in [0.25, 0.3) is 0 Å². The summed E-state index contributed by atoms with van der Waals surface area (Å²) in [5.41, 5.74) is 1.52. The smallest absolute Gasteiger partial charge is 0.246 e. The van der Waals surface area contributed by atoms with Crippen molar-refractivity contribution in [3.05, 3.63) is 66.0 Å². The van der Waals surface area contributed by atoms with E-state index in [9.17, 15) is 17.6 Å². The quantitative estimate of drug-likeness (QED) is 0.674. The maximum absolute atomic E-state index is 13.3. The minimum atomic E-state index is -3.72. The molecule has 3 rings (SSSR count). The highest BCUT2D eigenvalue weighted by molar-refractivity contribution is 7.92. The van der Waals surface area contributed by atoms with E-state index >= 15 is 0 Å². The molecule has 1 heterocycles. The fourth-order valence-corrected chi connectivity index (χ4v) is 5.02. The van der Waals surface area contributed by atoms with Gasteiger partial charge in [-0.15, -0.1) is 0 Å². The van der Waals surface area contributed by atoms with Crippen LogP contribution in [-0.4, -0.2) is 62.6 Å². The van der Waals surface area contributed by atoms with Crippen LogP contribution >= 0.6 is 0 Å². The summed E-state index contributed by atoms with van der Waals surface area (Å²) in [5, 5.41) is 0. The molecule has 0 aliphatic carbocycles. The molecule has 0 spiro atoms. The fourth-order valence-electron chi connectivity index (χ4n) is 3.81. The Morgan fingerprint density at radius 3 is 2.17 bits per heavy atom. The summed E-state index contributed by atoms with van der Waals surface area (Å²) in [5.74, 6) is -0.673. The highest BCUT2D eigenvalue weighted by Gasteiger charge is 2.35. The third-order valence-corrected chi connectivity index (χ3v) is 6.51. The van der Waals surface area contributed by atoms with Crippen LogP contribution < -0.4 is 4.31 Å². The van der Waals surface area contributed by atoms with Crippen LogP contribution in [0.15, 0.2) is 54.6 Å². The second-order valence-corrected chi connectivity index (χ2v) is 9.41. The number of hydrogen-bond donors (Lipinski definition) is 0. The van der Waals surface area contributed by atoms with Crippen LogP contribution in [0.1, 0.15) is 18.9 Å². The predicted molar refractivity (Wildman–Crippen MR) is 116 cm³/mol. The number of amides is 1. The fraction of sp³-hybridized carbons (Fsp3) is 0.409. The molecule has 2 aromatic carbocycles. The maximum atomic E-state index is 13.3. The summed E-state index contributed by atoms with van der Waals surface area (Å²) < 4.78 is 39.5. The highest BCUT2D eigenvalue weighted by Crippen LogP contribution is 2.24. The van der Waals surface area contributed by atoms with E-state index in [1.54, 1.807) is 11.8 Å². The maximum Gasteiger partial charge on any atom is 0.246 e. The molecule has 1 amide bonds. The van der Waals surface area contributed by atoms with E-state index in [0.29, 0.717) is 25.2 Å². The molecule has 6 nitrogen and oxygen atoms in total. The molecule has 0 radical (unpaired) electrons. The molecule has 8 heteroatoms. The molecule has 162 valence electrons. The van der Waals surface area contributed by atoms with Gasteiger partial charge in [0.25, 0.3) is 0 Å². The third-order valence-electron chi connectivity index (χ3n) is 5.33. The second-order valence-electron chi connectivity index (χ2n) is 7.55. The van der Waals surface area contributed by atoms with Crippen molar-refractivity contribution in [1.82, 2.24) is 9.80 Å². The lowest BCUT2D eigenvalue weighted by Crippen LogP contribution is -2.55. The molecule has 1 saturated heterocycles. The molecule has 1 atom stereocenters. The van der Waals surface area contributed by atoms with Crippen molar-refractivity contribution >= 4 is 21.6 Å². The van der Waals surface area contributed by atoms with Crippen LogP contribution in [-0.2, 0) is 21.4 Å². The number of nitrogens with zero attached hydrogens (tertiary/aromatic N) is 3. The first kappa shape index (κ1) is 22.2. The molecule has 1 aliphatic heterocycles. The number of halogens is 1. The molecular weight excluding hydrogens is 405 g/mol. The molecular formula is C22H28FN3O3S. The van der Waals surface area contributed by atoms with E-state index in [4.69, 9.17) is 0 Å². The Hall–Kier alpha value is -2.45. The van der Waals surface area contributed by atoms with Crippen molar-refractivity contribution < 1.29 is 17.6 Å². The number of carbonyl (C=O) groups excluding carboxylic acids is 1. The second kappa shape index (κ2) is 9.57. The normalized spacial score (nSPS) is 16.3. The molecule has 1 aliphatic rings. The number of carbonyl (C=O) groups is 1. The van der Waals surface area contributed by atoms with Crippen molar-refractivity contribution in [1.29, 1.82) is 0 Å². The highest BCUT2D eigenvalue weighted by atomic mass is 32.2. The lowest BCUT2D eigenvalue weighted by molar-refractivity contribution is -0.134.